The average molecular weight is 541 g/mol. The molecule has 36 heavy (non-hydrogen) atoms. The molecule has 1 unspecified atom stereocenters. The average Bonchev–Trinajstić information content (AvgIpc) is 3.33. The van der Waals surface area contributed by atoms with Crippen molar-refractivity contribution in [2.24, 2.45) is 0 Å². The van der Waals surface area contributed by atoms with Crippen molar-refractivity contribution in [2.45, 2.75) is 12.5 Å². The topological polar surface area (TPSA) is 14.1 Å². The Morgan fingerprint density at radius 1 is 0.639 bits per heavy atom. The summed E-state index contributed by atoms with van der Waals surface area (Å²) in [5, 5.41) is 7.54. The van der Waals surface area contributed by atoms with Crippen molar-refractivity contribution in [3.8, 4) is 0 Å². The van der Waals surface area contributed by atoms with Crippen LogP contribution in [0, 0.1) is 0 Å². The maximum atomic E-state index is 4.99. The molecule has 0 saturated carbocycles. The minimum absolute atomic E-state index is 0.189. The van der Waals surface area contributed by atoms with Crippen molar-refractivity contribution in [3.05, 3.63) is 154 Å². The molecule has 6 rings (SSSR count). The summed E-state index contributed by atoms with van der Waals surface area (Å²) in [7, 11) is 9.78. The van der Waals surface area contributed by atoms with Crippen LogP contribution < -0.4 is 0 Å². The van der Waals surface area contributed by atoms with Crippen molar-refractivity contribution >= 4 is 46.7 Å². The fraction of sp³-hybridized carbons (Fsp3) is 0.0625. The molecule has 0 aromatic heterocycles. The quantitative estimate of drug-likeness (QED) is 0.197. The Kier molecular flexibility index (Phi) is 8.26. The van der Waals surface area contributed by atoms with Crippen LogP contribution in [-0.4, -0.2) is 0 Å². The van der Waals surface area contributed by atoms with Gasteiger partial charge in [-0.05, 0) is 44.7 Å². The summed E-state index contributed by atoms with van der Waals surface area (Å²) in [6.07, 6.45) is 2.36. The molecule has 1 aliphatic rings. The molecule has 0 saturated heterocycles. The Balaban J connectivity index is 0.000000848. The van der Waals surface area contributed by atoms with Gasteiger partial charge in [-0.3, -0.25) is 0 Å². The van der Waals surface area contributed by atoms with E-state index >= 15 is 0 Å². The number of hydrogen-bond acceptors (Lipinski definition) is 0. The van der Waals surface area contributed by atoms with Gasteiger partial charge in [0.1, 0.15) is 0 Å². The summed E-state index contributed by atoms with van der Waals surface area (Å²) in [4.78, 5) is 0. The zero-order valence-electron chi connectivity index (χ0n) is 19.6. The Labute approximate surface area is 229 Å². The van der Waals surface area contributed by atoms with E-state index in [-0.39, 0.29) is 5.92 Å². The standard InChI is InChI=1S/C32H24N.2ClH.Ti/c1-3-11-23(12-4-1)30-21-25-14-8-10-18-28(25)32(30)29-20-19-24-13-7-9-17-27(24)31(29)22-33-26-15-5-2-6-16-26;;;/h1-21,32H,22H2;2*1H;/q-1;;;+2/p-2. The van der Waals surface area contributed by atoms with Gasteiger partial charge in [0.05, 0.1) is 0 Å². The molecule has 1 aliphatic carbocycles. The number of nitrogens with zero attached hydrogens (tertiary/aromatic N) is 1. The first-order valence-corrected chi connectivity index (χ1v) is 16.1. The molecular formula is C32H24Cl2NTi-. The first-order chi connectivity index (χ1) is 17.8. The molecule has 5 aromatic carbocycles. The van der Waals surface area contributed by atoms with Crippen molar-refractivity contribution in [2.75, 3.05) is 0 Å². The molecule has 0 aliphatic heterocycles. The fourth-order valence-electron chi connectivity index (χ4n) is 5.04. The van der Waals surface area contributed by atoms with Gasteiger partial charge in [-0.2, -0.15) is 0 Å². The first kappa shape index (κ1) is 24.9. The molecule has 0 fully saturated rings. The van der Waals surface area contributed by atoms with Crippen LogP contribution in [0.3, 0.4) is 0 Å². The molecule has 0 N–H and O–H groups in total. The Morgan fingerprint density at radius 2 is 1.28 bits per heavy atom. The molecule has 5 aromatic rings. The van der Waals surface area contributed by atoms with Crippen LogP contribution in [0.5, 0.6) is 0 Å². The van der Waals surface area contributed by atoms with E-state index in [9.17, 15) is 0 Å². The van der Waals surface area contributed by atoms with Crippen LogP contribution in [0.2, 0.25) is 0 Å². The zero-order valence-corrected chi connectivity index (χ0v) is 22.7. The Morgan fingerprint density at radius 3 is 2.06 bits per heavy atom. The number of rotatable bonds is 5. The van der Waals surface area contributed by atoms with E-state index < -0.39 is 17.0 Å². The number of hydrogen-bond donors (Lipinski definition) is 0. The molecule has 1 nitrogen and oxygen atoms in total. The molecule has 176 valence electrons. The van der Waals surface area contributed by atoms with Gasteiger partial charge in [-0.25, -0.2) is 0 Å². The van der Waals surface area contributed by atoms with Gasteiger partial charge in [-0.15, -0.1) is 12.2 Å². The molecule has 0 radical (unpaired) electrons. The third kappa shape index (κ3) is 5.31. The van der Waals surface area contributed by atoms with Crippen molar-refractivity contribution in [3.63, 3.8) is 0 Å². The predicted octanol–water partition coefficient (Wildman–Crippen LogP) is 10.1. The molecule has 0 amide bonds. The molecule has 0 heterocycles. The van der Waals surface area contributed by atoms with Crippen LogP contribution >= 0.6 is 18.6 Å². The van der Waals surface area contributed by atoms with E-state index in [0.29, 0.717) is 6.54 Å². The maximum absolute atomic E-state index is 4.99. The number of allylic oxidation sites excluding steroid dienone is 1. The Bertz CT molecular complexity index is 1480. The predicted molar refractivity (Wildman–Crippen MR) is 151 cm³/mol. The van der Waals surface area contributed by atoms with E-state index in [1.165, 1.54) is 44.2 Å². The zero-order chi connectivity index (χ0) is 24.7. The van der Waals surface area contributed by atoms with Crippen LogP contribution in [-0.2, 0) is 23.6 Å². The summed E-state index contributed by atoms with van der Waals surface area (Å²) in [5.41, 5.74) is 8.97. The van der Waals surface area contributed by atoms with E-state index in [0.717, 1.165) is 5.69 Å². The van der Waals surface area contributed by atoms with Gasteiger partial charge in [0.2, 0.25) is 0 Å². The molecule has 0 bridgehead atoms. The number of fused-ring (bicyclic) bond motifs is 2. The van der Waals surface area contributed by atoms with E-state index in [1.54, 1.807) is 0 Å². The van der Waals surface area contributed by atoms with Crippen molar-refractivity contribution in [1.82, 2.24) is 0 Å². The van der Waals surface area contributed by atoms with Gasteiger partial charge in [0.25, 0.3) is 0 Å². The minimum atomic E-state index is -0.556. The van der Waals surface area contributed by atoms with Crippen molar-refractivity contribution in [1.29, 1.82) is 0 Å². The number of halogens is 2. The summed E-state index contributed by atoms with van der Waals surface area (Å²) < 4.78 is 0. The van der Waals surface area contributed by atoms with Crippen LogP contribution in [0.25, 0.3) is 27.7 Å². The van der Waals surface area contributed by atoms with Crippen LogP contribution in [0.15, 0.2) is 121 Å². The second-order valence-electron chi connectivity index (χ2n) is 8.61. The van der Waals surface area contributed by atoms with Gasteiger partial charge >= 0.3 is 35.6 Å². The molecule has 4 heteroatoms. The van der Waals surface area contributed by atoms with E-state index in [1.807, 2.05) is 18.2 Å². The normalized spacial score (nSPS) is 13.8. The van der Waals surface area contributed by atoms with Gasteiger partial charge in [-0.1, -0.05) is 127 Å². The number of para-hydroxylation sites is 1. The monoisotopic (exact) mass is 540 g/mol. The SMILES string of the molecule is C1=C(c2ccccc2)C(c2ccc3ccccc3c2C[N-]c2ccccc2)c2ccccc21.[Cl][Ti][Cl]. The summed E-state index contributed by atoms with van der Waals surface area (Å²) in [6.45, 7) is 0.654. The summed E-state index contributed by atoms with van der Waals surface area (Å²) >= 11 is -0.556. The second-order valence-corrected chi connectivity index (χ2v) is 11.2. The number of benzene rings is 5. The molecular weight excluding hydrogens is 517 g/mol. The molecule has 1 atom stereocenters. The van der Waals surface area contributed by atoms with E-state index in [4.69, 9.17) is 23.9 Å². The Hall–Kier alpha value is -2.81. The fourth-order valence-corrected chi connectivity index (χ4v) is 5.04. The third-order valence-corrected chi connectivity index (χ3v) is 6.60. The van der Waals surface area contributed by atoms with Crippen LogP contribution in [0.1, 0.15) is 33.7 Å². The third-order valence-electron chi connectivity index (χ3n) is 6.60. The summed E-state index contributed by atoms with van der Waals surface area (Å²) in [6, 6.07) is 43.1. The van der Waals surface area contributed by atoms with Gasteiger partial charge in [0.15, 0.2) is 0 Å². The van der Waals surface area contributed by atoms with Crippen LogP contribution in [0.4, 0.5) is 5.69 Å². The van der Waals surface area contributed by atoms with Gasteiger partial charge in [0, 0.05) is 5.92 Å². The molecule has 0 spiro atoms. The second kappa shape index (κ2) is 12.0. The van der Waals surface area contributed by atoms with E-state index in [2.05, 4.69) is 109 Å². The summed E-state index contributed by atoms with van der Waals surface area (Å²) in [5.74, 6) is 0.189. The van der Waals surface area contributed by atoms with Crippen molar-refractivity contribution < 1.29 is 17.0 Å². The van der Waals surface area contributed by atoms with Gasteiger partial charge < -0.3 is 5.32 Å². The first-order valence-electron chi connectivity index (χ1n) is 11.9.